The molecule has 0 aliphatic carbocycles. The molecule has 0 radical (unpaired) electrons. The van der Waals surface area contributed by atoms with E-state index in [1.54, 1.807) is 24.0 Å². The van der Waals surface area contributed by atoms with Gasteiger partial charge in [0.05, 0.1) is 0 Å². The van der Waals surface area contributed by atoms with E-state index < -0.39 is 12.0 Å². The Morgan fingerprint density at radius 3 is 3.12 bits per heavy atom. The largest absolute Gasteiger partial charge is 0.480 e. The van der Waals surface area contributed by atoms with Crippen molar-refractivity contribution in [1.82, 2.24) is 4.98 Å². The summed E-state index contributed by atoms with van der Waals surface area (Å²) >= 11 is 1.55. The summed E-state index contributed by atoms with van der Waals surface area (Å²) in [5.74, 6) is 0.306. The molecule has 1 unspecified atom stereocenters. The Balaban J connectivity index is 2.37. The van der Waals surface area contributed by atoms with Crippen molar-refractivity contribution >= 4 is 17.7 Å². The molecule has 0 fully saturated rings. The maximum absolute atomic E-state index is 10.5. The van der Waals surface area contributed by atoms with Gasteiger partial charge >= 0.3 is 5.97 Å². The number of carboxylic acid groups (broad SMARTS) is 1. The van der Waals surface area contributed by atoms with Gasteiger partial charge in [-0.3, -0.25) is 4.79 Å². The predicted molar refractivity (Wildman–Crippen MR) is 65.3 cm³/mol. The summed E-state index contributed by atoms with van der Waals surface area (Å²) in [4.78, 5) is 14.4. The van der Waals surface area contributed by atoms with E-state index in [1.807, 2.05) is 12.1 Å². The number of hydrogen-bond acceptors (Lipinski definition) is 5. The van der Waals surface area contributed by atoms with Crippen LogP contribution in [0.15, 0.2) is 18.3 Å². The molecule has 5 nitrogen and oxygen atoms in total. The predicted octanol–water partition coefficient (Wildman–Crippen LogP) is 0.988. The third kappa shape index (κ3) is 4.43. The lowest BCUT2D eigenvalue weighted by atomic mass is 10.2. The number of nitrogens with zero attached hydrogens (tertiary/aromatic N) is 2. The highest BCUT2D eigenvalue weighted by Crippen LogP contribution is 2.15. The van der Waals surface area contributed by atoms with Gasteiger partial charge in [-0.25, -0.2) is 4.98 Å². The van der Waals surface area contributed by atoms with Crippen LogP contribution in [0.25, 0.3) is 0 Å². The van der Waals surface area contributed by atoms with E-state index in [-0.39, 0.29) is 0 Å². The topological polar surface area (TPSA) is 100 Å². The minimum Gasteiger partial charge on any atom is -0.480 e. The molecule has 0 aliphatic rings. The van der Waals surface area contributed by atoms with Gasteiger partial charge in [-0.2, -0.15) is 17.0 Å². The van der Waals surface area contributed by atoms with Gasteiger partial charge in [0.25, 0.3) is 0 Å². The van der Waals surface area contributed by atoms with Crippen LogP contribution in [-0.4, -0.2) is 27.9 Å². The first-order valence-corrected chi connectivity index (χ1v) is 6.20. The van der Waals surface area contributed by atoms with Crippen LogP contribution < -0.4 is 5.73 Å². The van der Waals surface area contributed by atoms with Crippen LogP contribution in [0.5, 0.6) is 0 Å². The minimum atomic E-state index is -0.982. The standard InChI is InChI=1S/C11H13N3O2S/c12-6-10-8(2-1-4-14-10)7-17-5-3-9(13)11(15)16/h1-2,4,9H,3,5,7,13H2,(H,15,16). The zero-order valence-corrected chi connectivity index (χ0v) is 9.98. The van der Waals surface area contributed by atoms with Crippen molar-refractivity contribution < 1.29 is 9.90 Å². The third-order valence-electron chi connectivity index (χ3n) is 2.15. The van der Waals surface area contributed by atoms with Gasteiger partial charge in [0, 0.05) is 11.9 Å². The molecule has 3 N–H and O–H groups in total. The highest BCUT2D eigenvalue weighted by atomic mass is 32.2. The van der Waals surface area contributed by atoms with Crippen molar-refractivity contribution in [2.45, 2.75) is 18.2 Å². The molecule has 1 aromatic rings. The molecule has 1 aromatic heterocycles. The number of hydrogen-bond donors (Lipinski definition) is 2. The first-order valence-electron chi connectivity index (χ1n) is 5.05. The minimum absolute atomic E-state index is 0.419. The first-order chi connectivity index (χ1) is 8.15. The Bertz CT molecular complexity index is 431. The number of pyridine rings is 1. The van der Waals surface area contributed by atoms with Gasteiger partial charge < -0.3 is 10.8 Å². The van der Waals surface area contributed by atoms with Crippen molar-refractivity contribution in [2.75, 3.05) is 5.75 Å². The fourth-order valence-electron chi connectivity index (χ4n) is 1.17. The lowest BCUT2D eigenvalue weighted by Gasteiger charge is -2.06. The van der Waals surface area contributed by atoms with Crippen molar-refractivity contribution in [3.8, 4) is 6.07 Å². The van der Waals surface area contributed by atoms with Gasteiger partial charge in [0.2, 0.25) is 0 Å². The Morgan fingerprint density at radius 2 is 2.47 bits per heavy atom. The van der Waals surface area contributed by atoms with Gasteiger partial charge in [0.15, 0.2) is 0 Å². The normalized spacial score (nSPS) is 11.8. The average Bonchev–Trinajstić information content (AvgIpc) is 2.34. The highest BCUT2D eigenvalue weighted by molar-refractivity contribution is 7.98. The Labute approximate surface area is 104 Å². The number of carboxylic acids is 1. The molecule has 0 bridgehead atoms. The van der Waals surface area contributed by atoms with Crippen molar-refractivity contribution in [3.05, 3.63) is 29.6 Å². The molecule has 0 aliphatic heterocycles. The van der Waals surface area contributed by atoms with E-state index in [1.165, 1.54) is 0 Å². The van der Waals surface area contributed by atoms with Crippen LogP contribution in [0.1, 0.15) is 17.7 Å². The van der Waals surface area contributed by atoms with Gasteiger partial charge in [-0.1, -0.05) is 6.07 Å². The summed E-state index contributed by atoms with van der Waals surface area (Å²) in [7, 11) is 0. The number of nitrogens with two attached hydrogens (primary N) is 1. The molecular weight excluding hydrogens is 238 g/mol. The molecule has 6 heteroatoms. The number of rotatable bonds is 6. The Hall–Kier alpha value is -1.58. The van der Waals surface area contributed by atoms with Crippen molar-refractivity contribution in [2.24, 2.45) is 5.73 Å². The maximum atomic E-state index is 10.5. The molecule has 0 saturated heterocycles. The molecule has 0 spiro atoms. The molecule has 1 atom stereocenters. The second-order valence-electron chi connectivity index (χ2n) is 3.41. The van der Waals surface area contributed by atoms with Crippen LogP contribution in [0.2, 0.25) is 0 Å². The Morgan fingerprint density at radius 1 is 1.71 bits per heavy atom. The van der Waals surface area contributed by atoms with Crippen LogP contribution in [0.4, 0.5) is 0 Å². The second kappa shape index (κ2) is 6.89. The van der Waals surface area contributed by atoms with Gasteiger partial charge in [0.1, 0.15) is 17.8 Å². The third-order valence-corrected chi connectivity index (χ3v) is 3.18. The smallest absolute Gasteiger partial charge is 0.320 e. The quantitative estimate of drug-likeness (QED) is 0.731. The average molecular weight is 251 g/mol. The zero-order valence-electron chi connectivity index (χ0n) is 9.17. The second-order valence-corrected chi connectivity index (χ2v) is 4.51. The fourth-order valence-corrected chi connectivity index (χ4v) is 2.19. The number of nitriles is 1. The fraction of sp³-hybridized carbons (Fsp3) is 0.364. The molecule has 0 aromatic carbocycles. The lowest BCUT2D eigenvalue weighted by molar-refractivity contribution is -0.138. The van der Waals surface area contributed by atoms with Crippen LogP contribution in [-0.2, 0) is 10.5 Å². The van der Waals surface area contributed by atoms with Crippen LogP contribution in [0.3, 0.4) is 0 Å². The van der Waals surface area contributed by atoms with Gasteiger partial charge in [-0.15, -0.1) is 0 Å². The Kier molecular flexibility index (Phi) is 5.46. The molecule has 1 rings (SSSR count). The number of aromatic nitrogens is 1. The summed E-state index contributed by atoms with van der Waals surface area (Å²) < 4.78 is 0. The lowest BCUT2D eigenvalue weighted by Crippen LogP contribution is -2.30. The van der Waals surface area contributed by atoms with E-state index >= 15 is 0 Å². The van der Waals surface area contributed by atoms with E-state index in [2.05, 4.69) is 4.98 Å². The van der Waals surface area contributed by atoms with E-state index in [9.17, 15) is 4.79 Å². The van der Waals surface area contributed by atoms with E-state index in [4.69, 9.17) is 16.1 Å². The molecule has 0 amide bonds. The zero-order chi connectivity index (χ0) is 12.7. The molecule has 90 valence electrons. The molecule has 0 saturated carbocycles. The molecule has 17 heavy (non-hydrogen) atoms. The maximum Gasteiger partial charge on any atom is 0.320 e. The summed E-state index contributed by atoms with van der Waals surface area (Å²) in [6.07, 6.45) is 2.00. The summed E-state index contributed by atoms with van der Waals surface area (Å²) in [6.45, 7) is 0. The summed E-state index contributed by atoms with van der Waals surface area (Å²) in [6, 6.07) is 4.83. The SMILES string of the molecule is N#Cc1ncccc1CSCCC(N)C(=O)O. The molecular formula is C11H13N3O2S. The number of thioether (sulfide) groups is 1. The van der Waals surface area contributed by atoms with Crippen LogP contribution >= 0.6 is 11.8 Å². The van der Waals surface area contributed by atoms with Crippen LogP contribution in [0, 0.1) is 11.3 Å². The number of aliphatic carboxylic acids is 1. The molecule has 1 heterocycles. The number of carbonyl (C=O) groups is 1. The summed E-state index contributed by atoms with van der Waals surface area (Å²) in [5.41, 5.74) is 6.66. The van der Waals surface area contributed by atoms with Gasteiger partial charge in [-0.05, 0) is 23.8 Å². The summed E-state index contributed by atoms with van der Waals surface area (Å²) in [5, 5.41) is 17.4. The van der Waals surface area contributed by atoms with E-state index in [0.29, 0.717) is 23.6 Å². The monoisotopic (exact) mass is 251 g/mol. The van der Waals surface area contributed by atoms with Crippen molar-refractivity contribution in [1.29, 1.82) is 5.26 Å². The highest BCUT2D eigenvalue weighted by Gasteiger charge is 2.10. The van der Waals surface area contributed by atoms with E-state index in [0.717, 1.165) is 5.56 Å². The van der Waals surface area contributed by atoms with Crippen molar-refractivity contribution in [3.63, 3.8) is 0 Å². The first kappa shape index (κ1) is 13.5.